The van der Waals surface area contributed by atoms with Crippen molar-refractivity contribution in [1.82, 2.24) is 0 Å². The Morgan fingerprint density at radius 1 is 1.44 bits per heavy atom. The molecule has 0 aliphatic heterocycles. The van der Waals surface area contributed by atoms with E-state index in [0.29, 0.717) is 6.42 Å². The first kappa shape index (κ1) is 15.1. The second kappa shape index (κ2) is 8.27. The van der Waals surface area contributed by atoms with E-state index in [-0.39, 0.29) is 6.61 Å². The fraction of sp³-hybridized carbons (Fsp3) is 0.455. The summed E-state index contributed by atoms with van der Waals surface area (Å²) in [5, 5.41) is 4.68. The lowest BCUT2D eigenvalue weighted by Crippen LogP contribution is -2.16. The lowest BCUT2D eigenvalue weighted by molar-refractivity contribution is 0.309. The second-order valence-electron chi connectivity index (χ2n) is 3.24. The first-order valence-electron chi connectivity index (χ1n) is 5.11. The third kappa shape index (κ3) is 9.64. The Bertz CT molecular complexity index is 355. The third-order valence-electron chi connectivity index (χ3n) is 1.87. The summed E-state index contributed by atoms with van der Waals surface area (Å²) in [5.74, 6) is 0. The van der Waals surface area contributed by atoms with Crippen LogP contribution in [0, 0.1) is 0 Å². The van der Waals surface area contributed by atoms with Crippen LogP contribution in [0.4, 0.5) is 0 Å². The van der Waals surface area contributed by atoms with Gasteiger partial charge in [0.2, 0.25) is 0 Å². The summed E-state index contributed by atoms with van der Waals surface area (Å²) in [6, 6.07) is 0. The average molecular weight is 245 g/mol. The van der Waals surface area contributed by atoms with Gasteiger partial charge in [0.1, 0.15) is 0 Å². The van der Waals surface area contributed by atoms with Gasteiger partial charge < -0.3 is 0 Å². The van der Waals surface area contributed by atoms with Crippen molar-refractivity contribution in [3.05, 3.63) is 36.5 Å². The Hall–Kier alpha value is -0.910. The first-order valence-corrected chi connectivity index (χ1v) is 6.58. The van der Waals surface area contributed by atoms with Crippen LogP contribution in [0.15, 0.2) is 36.5 Å². The van der Waals surface area contributed by atoms with E-state index in [0.717, 1.165) is 18.4 Å². The Kier molecular flexibility index (Phi) is 7.80. The zero-order valence-electron chi connectivity index (χ0n) is 9.56. The lowest BCUT2D eigenvalue weighted by atomic mass is 10.1. The average Bonchev–Trinajstić information content (AvgIpc) is 2.20. The van der Waals surface area contributed by atoms with Gasteiger partial charge in [-0.05, 0) is 31.8 Å². The van der Waals surface area contributed by atoms with Gasteiger partial charge in [0.15, 0.2) is 0 Å². The van der Waals surface area contributed by atoms with Crippen molar-refractivity contribution in [1.29, 1.82) is 0 Å². The van der Waals surface area contributed by atoms with Crippen LogP contribution in [0.25, 0.3) is 0 Å². The normalized spacial score (nSPS) is 13.2. The number of allylic oxidation sites excluding steroid dienone is 5. The summed E-state index contributed by atoms with van der Waals surface area (Å²) in [5.41, 5.74) is 1.12. The number of unbranched alkanes of at least 4 members (excludes halogenated alkanes) is 1. The van der Waals surface area contributed by atoms with Gasteiger partial charge in [-0.25, -0.2) is 5.14 Å². The smallest absolute Gasteiger partial charge is 0.258 e. The van der Waals surface area contributed by atoms with E-state index in [1.54, 1.807) is 6.08 Å². The predicted octanol–water partition coefficient (Wildman–Crippen LogP) is 2.07. The van der Waals surface area contributed by atoms with E-state index in [9.17, 15) is 8.42 Å². The minimum absolute atomic E-state index is 0.132. The molecule has 0 fully saturated rings. The molecular formula is C11H19NO3S. The Labute approximate surface area is 97.7 Å². The minimum atomic E-state index is -3.79. The maximum atomic E-state index is 10.4. The van der Waals surface area contributed by atoms with Crippen LogP contribution in [0.2, 0.25) is 0 Å². The molecule has 0 amide bonds. The highest BCUT2D eigenvalue weighted by molar-refractivity contribution is 7.84. The van der Waals surface area contributed by atoms with Crippen molar-refractivity contribution in [2.24, 2.45) is 5.14 Å². The van der Waals surface area contributed by atoms with Crippen LogP contribution in [0.3, 0.4) is 0 Å². The molecule has 0 aliphatic rings. The molecule has 0 spiro atoms. The molecule has 4 nitrogen and oxygen atoms in total. The maximum Gasteiger partial charge on any atom is 0.333 e. The number of hydrogen-bond acceptors (Lipinski definition) is 3. The van der Waals surface area contributed by atoms with Crippen LogP contribution in [0.1, 0.15) is 26.2 Å². The highest BCUT2D eigenvalue weighted by atomic mass is 32.2. The number of rotatable bonds is 8. The molecule has 0 saturated carbocycles. The van der Waals surface area contributed by atoms with Crippen molar-refractivity contribution < 1.29 is 12.6 Å². The number of hydrogen-bond donors (Lipinski definition) is 1. The van der Waals surface area contributed by atoms with Crippen molar-refractivity contribution in [2.45, 2.75) is 26.2 Å². The molecule has 0 rings (SSSR count). The van der Waals surface area contributed by atoms with Gasteiger partial charge in [-0.3, -0.25) is 4.18 Å². The summed E-state index contributed by atoms with van der Waals surface area (Å²) >= 11 is 0. The highest BCUT2D eigenvalue weighted by Gasteiger charge is 2.00. The summed E-state index contributed by atoms with van der Waals surface area (Å²) in [6.45, 7) is 5.78. The van der Waals surface area contributed by atoms with Crippen LogP contribution in [-0.2, 0) is 14.5 Å². The van der Waals surface area contributed by atoms with Gasteiger partial charge in [0, 0.05) is 0 Å². The summed E-state index contributed by atoms with van der Waals surface area (Å²) in [7, 11) is -3.79. The van der Waals surface area contributed by atoms with Gasteiger partial charge >= 0.3 is 10.3 Å². The van der Waals surface area contributed by atoms with Crippen LogP contribution in [0.5, 0.6) is 0 Å². The molecule has 16 heavy (non-hydrogen) atoms. The van der Waals surface area contributed by atoms with Crippen LogP contribution >= 0.6 is 0 Å². The molecule has 0 saturated heterocycles. The molecule has 0 atom stereocenters. The molecule has 0 radical (unpaired) electrons. The topological polar surface area (TPSA) is 69.4 Å². The molecule has 0 aromatic carbocycles. The summed E-state index contributed by atoms with van der Waals surface area (Å²) < 4.78 is 25.3. The first-order chi connectivity index (χ1) is 7.49. The highest BCUT2D eigenvalue weighted by Crippen LogP contribution is 2.08. The SMILES string of the molecule is C=C/C(=C\C=C/C)CCCCOS(N)(=O)=O. The Morgan fingerprint density at radius 3 is 2.62 bits per heavy atom. The van der Waals surface area contributed by atoms with Gasteiger partial charge in [0.05, 0.1) is 6.61 Å². The van der Waals surface area contributed by atoms with E-state index >= 15 is 0 Å². The van der Waals surface area contributed by atoms with E-state index in [4.69, 9.17) is 0 Å². The molecule has 0 aromatic heterocycles. The van der Waals surface area contributed by atoms with E-state index < -0.39 is 10.3 Å². The second-order valence-corrected chi connectivity index (χ2v) is 4.46. The molecule has 5 heteroatoms. The molecule has 0 heterocycles. The van der Waals surface area contributed by atoms with E-state index in [2.05, 4.69) is 15.9 Å². The van der Waals surface area contributed by atoms with Crippen LogP contribution in [-0.4, -0.2) is 15.0 Å². The quantitative estimate of drug-likeness (QED) is 0.525. The molecular weight excluding hydrogens is 226 g/mol. The lowest BCUT2D eigenvalue weighted by Gasteiger charge is -2.02. The van der Waals surface area contributed by atoms with Gasteiger partial charge in [-0.2, -0.15) is 8.42 Å². The van der Waals surface area contributed by atoms with Gasteiger partial charge in [-0.1, -0.05) is 30.9 Å². The molecule has 2 N–H and O–H groups in total. The van der Waals surface area contributed by atoms with Gasteiger partial charge in [0.25, 0.3) is 0 Å². The summed E-state index contributed by atoms with van der Waals surface area (Å²) in [4.78, 5) is 0. The molecule has 0 aromatic rings. The van der Waals surface area contributed by atoms with E-state index in [1.807, 2.05) is 25.2 Å². The fourth-order valence-corrected chi connectivity index (χ4v) is 1.43. The van der Waals surface area contributed by atoms with Crippen molar-refractivity contribution >= 4 is 10.3 Å². The Morgan fingerprint density at radius 2 is 2.12 bits per heavy atom. The Balaban J connectivity index is 3.76. The minimum Gasteiger partial charge on any atom is -0.258 e. The molecule has 0 unspecified atom stereocenters. The molecule has 0 bridgehead atoms. The third-order valence-corrected chi connectivity index (χ3v) is 2.37. The summed E-state index contributed by atoms with van der Waals surface area (Å²) in [6.07, 6.45) is 9.99. The van der Waals surface area contributed by atoms with E-state index in [1.165, 1.54) is 0 Å². The zero-order valence-corrected chi connectivity index (χ0v) is 10.4. The molecule has 0 aliphatic carbocycles. The zero-order chi connectivity index (χ0) is 12.4. The van der Waals surface area contributed by atoms with Gasteiger partial charge in [-0.15, -0.1) is 0 Å². The standard InChI is InChI=1S/C11H19NO3S/c1-3-5-8-11(4-2)9-6-7-10-15-16(12,13)14/h3-5,8H,2,6-7,9-10H2,1H3,(H2,12,13,14)/b5-3-,11-8+. The van der Waals surface area contributed by atoms with Crippen molar-refractivity contribution in [3.8, 4) is 0 Å². The van der Waals surface area contributed by atoms with Crippen LogP contribution < -0.4 is 5.14 Å². The largest absolute Gasteiger partial charge is 0.333 e. The predicted molar refractivity (Wildman–Crippen MR) is 66.0 cm³/mol. The van der Waals surface area contributed by atoms with Crippen molar-refractivity contribution in [3.63, 3.8) is 0 Å². The molecule has 92 valence electrons. The number of nitrogens with two attached hydrogens (primary N) is 1. The maximum absolute atomic E-state index is 10.4. The van der Waals surface area contributed by atoms with Crippen molar-refractivity contribution in [2.75, 3.05) is 6.61 Å². The monoisotopic (exact) mass is 245 g/mol. The fourth-order valence-electron chi connectivity index (χ4n) is 1.08.